The highest BCUT2D eigenvalue weighted by Crippen LogP contribution is 2.21. The van der Waals surface area contributed by atoms with Crippen LogP contribution < -0.4 is 16.0 Å². The molecule has 0 spiro atoms. The SMILES string of the molecule is CCNC(=NCc1cccc(NC(C)=O)c1)NCC(C)Sc1ccccc1.I. The number of thioether (sulfide) groups is 1. The van der Waals surface area contributed by atoms with Gasteiger partial charge in [0, 0.05) is 35.8 Å². The van der Waals surface area contributed by atoms with Gasteiger partial charge < -0.3 is 16.0 Å². The Hall–Kier alpha value is -1.74. The smallest absolute Gasteiger partial charge is 0.221 e. The number of guanidine groups is 1. The van der Waals surface area contributed by atoms with Crippen LogP contribution in [-0.2, 0) is 11.3 Å². The van der Waals surface area contributed by atoms with Crippen molar-refractivity contribution < 1.29 is 4.79 Å². The summed E-state index contributed by atoms with van der Waals surface area (Å²) in [6.07, 6.45) is 0. The Kier molecular flexibility index (Phi) is 11.7. The molecule has 1 unspecified atom stereocenters. The number of aliphatic imine (C=N–C) groups is 1. The fourth-order valence-electron chi connectivity index (χ4n) is 2.48. The van der Waals surface area contributed by atoms with Crippen molar-refractivity contribution in [2.45, 2.75) is 37.5 Å². The molecule has 1 amide bonds. The van der Waals surface area contributed by atoms with Crippen molar-refractivity contribution in [2.75, 3.05) is 18.4 Å². The summed E-state index contributed by atoms with van der Waals surface area (Å²) >= 11 is 1.84. The molecule has 0 saturated carbocycles. The molecule has 0 bridgehead atoms. The summed E-state index contributed by atoms with van der Waals surface area (Å²) in [4.78, 5) is 17.1. The zero-order valence-corrected chi connectivity index (χ0v) is 19.7. The molecule has 0 aliphatic heterocycles. The van der Waals surface area contributed by atoms with Gasteiger partial charge in [0.15, 0.2) is 5.96 Å². The van der Waals surface area contributed by atoms with E-state index >= 15 is 0 Å². The number of anilines is 1. The van der Waals surface area contributed by atoms with Gasteiger partial charge in [-0.1, -0.05) is 37.3 Å². The predicted octanol–water partition coefficient (Wildman–Crippen LogP) is 4.50. The Morgan fingerprint density at radius 2 is 1.86 bits per heavy atom. The summed E-state index contributed by atoms with van der Waals surface area (Å²) in [7, 11) is 0. The largest absolute Gasteiger partial charge is 0.357 e. The molecule has 28 heavy (non-hydrogen) atoms. The van der Waals surface area contributed by atoms with Crippen LogP contribution in [0.15, 0.2) is 64.5 Å². The first-order valence-corrected chi connectivity index (χ1v) is 10.0. The van der Waals surface area contributed by atoms with Gasteiger partial charge in [0.1, 0.15) is 0 Å². The number of nitrogens with one attached hydrogen (secondary N) is 3. The second kappa shape index (κ2) is 13.4. The molecule has 0 heterocycles. The monoisotopic (exact) mass is 512 g/mol. The fourth-order valence-corrected chi connectivity index (χ4v) is 3.42. The number of nitrogens with zero attached hydrogens (tertiary/aromatic N) is 1. The normalized spacial score (nSPS) is 11.9. The summed E-state index contributed by atoms with van der Waals surface area (Å²) in [5.74, 6) is 0.721. The van der Waals surface area contributed by atoms with E-state index in [-0.39, 0.29) is 29.9 Å². The maximum atomic E-state index is 11.2. The molecule has 0 aliphatic carbocycles. The minimum absolute atomic E-state index is 0. The fraction of sp³-hybridized carbons (Fsp3) is 0.333. The summed E-state index contributed by atoms with van der Waals surface area (Å²) < 4.78 is 0. The lowest BCUT2D eigenvalue weighted by molar-refractivity contribution is -0.114. The molecule has 0 saturated heterocycles. The lowest BCUT2D eigenvalue weighted by Gasteiger charge is -2.16. The predicted molar refractivity (Wildman–Crippen MR) is 131 cm³/mol. The zero-order valence-electron chi connectivity index (χ0n) is 16.6. The van der Waals surface area contributed by atoms with Crippen LogP contribution >= 0.6 is 35.7 Å². The second-order valence-electron chi connectivity index (χ2n) is 6.20. The first kappa shape index (κ1) is 24.3. The second-order valence-corrected chi connectivity index (χ2v) is 7.71. The van der Waals surface area contributed by atoms with Crippen molar-refractivity contribution in [2.24, 2.45) is 4.99 Å². The molecule has 0 radical (unpaired) electrons. The Bertz CT molecular complexity index is 755. The number of hydrogen-bond donors (Lipinski definition) is 3. The van der Waals surface area contributed by atoms with Gasteiger partial charge in [-0.25, -0.2) is 4.99 Å². The number of rotatable bonds is 8. The maximum Gasteiger partial charge on any atom is 0.221 e. The Morgan fingerprint density at radius 1 is 1.11 bits per heavy atom. The molecule has 0 aliphatic rings. The molecule has 7 heteroatoms. The topological polar surface area (TPSA) is 65.5 Å². The van der Waals surface area contributed by atoms with Crippen LogP contribution in [0.5, 0.6) is 0 Å². The molecule has 2 rings (SSSR count). The van der Waals surface area contributed by atoms with Gasteiger partial charge in [0.2, 0.25) is 5.91 Å². The van der Waals surface area contributed by atoms with E-state index in [2.05, 4.69) is 59.1 Å². The van der Waals surface area contributed by atoms with Gasteiger partial charge in [0.05, 0.1) is 6.54 Å². The summed E-state index contributed by atoms with van der Waals surface area (Å²) in [6, 6.07) is 18.2. The average molecular weight is 512 g/mol. The minimum Gasteiger partial charge on any atom is -0.357 e. The van der Waals surface area contributed by atoms with Crippen molar-refractivity contribution in [3.8, 4) is 0 Å². The van der Waals surface area contributed by atoms with E-state index in [1.165, 1.54) is 11.8 Å². The minimum atomic E-state index is -0.0736. The molecule has 5 nitrogen and oxygen atoms in total. The molecule has 3 N–H and O–H groups in total. The molecule has 0 fully saturated rings. The molecular weight excluding hydrogens is 483 g/mol. The van der Waals surface area contributed by atoms with Gasteiger partial charge >= 0.3 is 0 Å². The van der Waals surface area contributed by atoms with E-state index in [4.69, 9.17) is 0 Å². The Morgan fingerprint density at radius 3 is 2.54 bits per heavy atom. The third-order valence-electron chi connectivity index (χ3n) is 3.65. The van der Waals surface area contributed by atoms with E-state index < -0.39 is 0 Å². The number of carbonyl (C=O) groups is 1. The highest BCUT2D eigenvalue weighted by molar-refractivity contribution is 14.0. The highest BCUT2D eigenvalue weighted by Gasteiger charge is 2.06. The van der Waals surface area contributed by atoms with Gasteiger partial charge in [-0.05, 0) is 36.8 Å². The van der Waals surface area contributed by atoms with Crippen LogP contribution in [0.3, 0.4) is 0 Å². The van der Waals surface area contributed by atoms with Crippen LogP contribution in [-0.4, -0.2) is 30.2 Å². The van der Waals surface area contributed by atoms with Crippen LogP contribution in [0.25, 0.3) is 0 Å². The third-order valence-corrected chi connectivity index (χ3v) is 4.76. The van der Waals surface area contributed by atoms with E-state index in [1.54, 1.807) is 0 Å². The van der Waals surface area contributed by atoms with Crippen molar-refractivity contribution in [3.63, 3.8) is 0 Å². The van der Waals surface area contributed by atoms with E-state index in [0.29, 0.717) is 11.8 Å². The molecule has 2 aromatic rings. The number of halogens is 1. The van der Waals surface area contributed by atoms with Crippen LogP contribution in [0.1, 0.15) is 26.3 Å². The number of carbonyl (C=O) groups excluding carboxylic acids is 1. The van der Waals surface area contributed by atoms with E-state index in [9.17, 15) is 4.79 Å². The van der Waals surface area contributed by atoms with Gasteiger partial charge in [-0.2, -0.15) is 0 Å². The number of amides is 1. The quantitative estimate of drug-likeness (QED) is 0.211. The average Bonchev–Trinajstić information content (AvgIpc) is 2.64. The molecule has 1 atom stereocenters. The van der Waals surface area contributed by atoms with Crippen molar-refractivity contribution in [3.05, 3.63) is 60.2 Å². The van der Waals surface area contributed by atoms with Crippen LogP contribution in [0.4, 0.5) is 5.69 Å². The lowest BCUT2D eigenvalue weighted by atomic mass is 10.2. The summed E-state index contributed by atoms with van der Waals surface area (Å²) in [6.45, 7) is 7.92. The van der Waals surface area contributed by atoms with Gasteiger partial charge in [0.25, 0.3) is 0 Å². The van der Waals surface area contributed by atoms with E-state index in [0.717, 1.165) is 30.3 Å². The standard InChI is InChI=1S/C21H28N4OS.HI/c1-4-22-21(23-14-16(2)27-20-11-6-5-7-12-20)24-15-18-9-8-10-19(13-18)25-17(3)26;/h5-13,16H,4,14-15H2,1-3H3,(H,25,26)(H2,22,23,24);1H. The zero-order chi connectivity index (χ0) is 19.5. The molecule has 152 valence electrons. The van der Waals surface area contributed by atoms with Crippen LogP contribution in [0.2, 0.25) is 0 Å². The number of benzene rings is 2. The third kappa shape index (κ3) is 9.45. The first-order valence-electron chi connectivity index (χ1n) is 9.17. The Labute approximate surface area is 189 Å². The summed E-state index contributed by atoms with van der Waals surface area (Å²) in [5, 5.41) is 9.90. The van der Waals surface area contributed by atoms with E-state index in [1.807, 2.05) is 42.1 Å². The van der Waals surface area contributed by atoms with Crippen molar-refractivity contribution in [1.82, 2.24) is 10.6 Å². The van der Waals surface area contributed by atoms with Crippen LogP contribution in [0, 0.1) is 0 Å². The lowest BCUT2D eigenvalue weighted by Crippen LogP contribution is -2.40. The van der Waals surface area contributed by atoms with Crippen molar-refractivity contribution >= 4 is 53.3 Å². The van der Waals surface area contributed by atoms with Gasteiger partial charge in [-0.15, -0.1) is 35.7 Å². The first-order chi connectivity index (χ1) is 13.1. The molecule has 0 aromatic heterocycles. The number of hydrogen-bond acceptors (Lipinski definition) is 3. The molecule has 2 aromatic carbocycles. The van der Waals surface area contributed by atoms with Gasteiger partial charge in [-0.3, -0.25) is 4.79 Å². The van der Waals surface area contributed by atoms with Crippen molar-refractivity contribution in [1.29, 1.82) is 0 Å². The Balaban J connectivity index is 0.00000392. The summed E-state index contributed by atoms with van der Waals surface area (Å²) in [5.41, 5.74) is 1.84. The highest BCUT2D eigenvalue weighted by atomic mass is 127. The maximum absolute atomic E-state index is 11.2. The molecular formula is C21H29IN4OS.